The minimum Gasteiger partial charge on any atom is -0.495 e. The molecule has 0 aliphatic carbocycles. The predicted molar refractivity (Wildman–Crippen MR) is 86.5 cm³/mol. The maximum atomic E-state index is 12.5. The van der Waals surface area contributed by atoms with E-state index < -0.39 is 0 Å². The van der Waals surface area contributed by atoms with Crippen molar-refractivity contribution in [3.63, 3.8) is 0 Å². The number of aryl methyl sites for hydroxylation is 1. The SMILES string of the molecule is COc1ccccc1N1CCN(C(=O)c2cccn2C)CC1. The molecule has 2 heterocycles. The highest BCUT2D eigenvalue weighted by molar-refractivity contribution is 5.93. The van der Waals surface area contributed by atoms with E-state index in [4.69, 9.17) is 4.74 Å². The smallest absolute Gasteiger partial charge is 0.270 e. The number of rotatable bonds is 3. The second-order valence-electron chi connectivity index (χ2n) is 5.46. The van der Waals surface area contributed by atoms with Crippen molar-refractivity contribution in [2.75, 3.05) is 38.2 Å². The Kier molecular flexibility index (Phi) is 4.04. The molecule has 3 rings (SSSR count). The zero-order valence-electron chi connectivity index (χ0n) is 13.0. The molecule has 0 unspecified atom stereocenters. The molecule has 22 heavy (non-hydrogen) atoms. The van der Waals surface area contributed by atoms with Crippen molar-refractivity contribution in [1.82, 2.24) is 9.47 Å². The number of amides is 1. The molecule has 116 valence electrons. The van der Waals surface area contributed by atoms with Crippen LogP contribution in [-0.2, 0) is 7.05 Å². The first-order chi connectivity index (χ1) is 10.7. The molecule has 0 saturated carbocycles. The monoisotopic (exact) mass is 299 g/mol. The second-order valence-corrected chi connectivity index (χ2v) is 5.46. The van der Waals surface area contributed by atoms with Crippen LogP contribution >= 0.6 is 0 Å². The van der Waals surface area contributed by atoms with Crippen LogP contribution in [0.15, 0.2) is 42.6 Å². The van der Waals surface area contributed by atoms with Crippen LogP contribution in [0.25, 0.3) is 0 Å². The zero-order chi connectivity index (χ0) is 15.5. The minimum absolute atomic E-state index is 0.104. The molecule has 0 N–H and O–H groups in total. The number of anilines is 1. The molecular weight excluding hydrogens is 278 g/mol. The van der Waals surface area contributed by atoms with Crippen LogP contribution in [0.5, 0.6) is 5.75 Å². The summed E-state index contributed by atoms with van der Waals surface area (Å²) in [5.74, 6) is 0.983. The van der Waals surface area contributed by atoms with Crippen LogP contribution in [0, 0.1) is 0 Å². The Morgan fingerprint density at radius 3 is 2.41 bits per heavy atom. The lowest BCUT2D eigenvalue weighted by Gasteiger charge is -2.36. The fraction of sp³-hybridized carbons (Fsp3) is 0.353. The number of aromatic nitrogens is 1. The van der Waals surface area contributed by atoms with Crippen molar-refractivity contribution < 1.29 is 9.53 Å². The summed E-state index contributed by atoms with van der Waals surface area (Å²) in [4.78, 5) is 16.7. The summed E-state index contributed by atoms with van der Waals surface area (Å²) in [6.45, 7) is 3.08. The van der Waals surface area contributed by atoms with Crippen molar-refractivity contribution in [3.8, 4) is 5.75 Å². The Morgan fingerprint density at radius 1 is 1.05 bits per heavy atom. The third-order valence-electron chi connectivity index (χ3n) is 4.16. The normalized spacial score (nSPS) is 15.0. The van der Waals surface area contributed by atoms with Crippen molar-refractivity contribution >= 4 is 11.6 Å². The summed E-state index contributed by atoms with van der Waals surface area (Å²) in [5.41, 5.74) is 1.83. The number of carbonyl (C=O) groups excluding carboxylic acids is 1. The minimum atomic E-state index is 0.104. The van der Waals surface area contributed by atoms with Gasteiger partial charge < -0.3 is 19.1 Å². The van der Waals surface area contributed by atoms with Crippen molar-refractivity contribution in [2.24, 2.45) is 7.05 Å². The van der Waals surface area contributed by atoms with E-state index in [1.165, 1.54) is 0 Å². The fourth-order valence-corrected chi connectivity index (χ4v) is 2.89. The van der Waals surface area contributed by atoms with Gasteiger partial charge in [0, 0.05) is 39.4 Å². The van der Waals surface area contributed by atoms with Crippen LogP contribution < -0.4 is 9.64 Å². The van der Waals surface area contributed by atoms with Gasteiger partial charge in [-0.25, -0.2) is 0 Å². The highest BCUT2D eigenvalue weighted by Gasteiger charge is 2.24. The highest BCUT2D eigenvalue weighted by atomic mass is 16.5. The van der Waals surface area contributed by atoms with Crippen molar-refractivity contribution in [2.45, 2.75) is 0 Å². The number of hydrogen-bond donors (Lipinski definition) is 0. The number of ether oxygens (including phenoxy) is 1. The van der Waals surface area contributed by atoms with Gasteiger partial charge >= 0.3 is 0 Å². The standard InChI is InChI=1S/C17H21N3O2/c1-18-9-5-7-15(18)17(21)20-12-10-19(11-13-20)14-6-3-4-8-16(14)22-2/h3-9H,10-13H2,1-2H3. The van der Waals surface area contributed by atoms with Crippen LogP contribution in [0.1, 0.15) is 10.5 Å². The molecule has 1 aliphatic heterocycles. The molecule has 5 heteroatoms. The molecule has 0 spiro atoms. The lowest BCUT2D eigenvalue weighted by molar-refractivity contribution is 0.0737. The number of benzene rings is 1. The molecule has 0 radical (unpaired) electrons. The number of hydrogen-bond acceptors (Lipinski definition) is 3. The Hall–Kier alpha value is -2.43. The summed E-state index contributed by atoms with van der Waals surface area (Å²) in [6.07, 6.45) is 1.90. The largest absolute Gasteiger partial charge is 0.495 e. The topological polar surface area (TPSA) is 37.7 Å². The molecule has 2 aromatic rings. The van der Waals surface area contributed by atoms with Crippen molar-refractivity contribution in [3.05, 3.63) is 48.3 Å². The first kappa shape index (κ1) is 14.5. The number of carbonyl (C=O) groups is 1. The summed E-state index contributed by atoms with van der Waals surface area (Å²) in [5, 5.41) is 0. The summed E-state index contributed by atoms with van der Waals surface area (Å²) < 4.78 is 7.29. The van der Waals surface area contributed by atoms with E-state index in [2.05, 4.69) is 11.0 Å². The van der Waals surface area contributed by atoms with E-state index >= 15 is 0 Å². The summed E-state index contributed by atoms with van der Waals surface area (Å²) in [6, 6.07) is 11.8. The first-order valence-electron chi connectivity index (χ1n) is 7.49. The van der Waals surface area contributed by atoms with E-state index in [0.29, 0.717) is 0 Å². The molecular formula is C17H21N3O2. The fourth-order valence-electron chi connectivity index (χ4n) is 2.89. The number of nitrogens with zero attached hydrogens (tertiary/aromatic N) is 3. The molecule has 1 aromatic heterocycles. The molecule has 1 aliphatic rings. The maximum Gasteiger partial charge on any atom is 0.270 e. The Bertz CT molecular complexity index is 657. The van der Waals surface area contributed by atoms with E-state index in [1.54, 1.807) is 7.11 Å². The van der Waals surface area contributed by atoms with Gasteiger partial charge in [-0.1, -0.05) is 12.1 Å². The lowest BCUT2D eigenvalue weighted by Crippen LogP contribution is -2.49. The highest BCUT2D eigenvalue weighted by Crippen LogP contribution is 2.28. The number of methoxy groups -OCH3 is 1. The van der Waals surface area contributed by atoms with Crippen LogP contribution in [-0.4, -0.2) is 48.7 Å². The molecule has 0 bridgehead atoms. The Balaban J connectivity index is 1.68. The quantitative estimate of drug-likeness (QED) is 0.870. The zero-order valence-corrected chi connectivity index (χ0v) is 13.0. The van der Waals surface area contributed by atoms with Gasteiger partial charge in [0.1, 0.15) is 11.4 Å². The number of para-hydroxylation sites is 2. The average Bonchev–Trinajstić information content (AvgIpc) is 3.00. The summed E-state index contributed by atoms with van der Waals surface area (Å²) in [7, 11) is 3.59. The van der Waals surface area contributed by atoms with Gasteiger partial charge in [-0.2, -0.15) is 0 Å². The lowest BCUT2D eigenvalue weighted by atomic mass is 10.2. The van der Waals surface area contributed by atoms with Gasteiger partial charge in [-0.05, 0) is 24.3 Å². The van der Waals surface area contributed by atoms with Gasteiger partial charge in [0.05, 0.1) is 12.8 Å². The van der Waals surface area contributed by atoms with E-state index in [9.17, 15) is 4.79 Å². The van der Waals surface area contributed by atoms with Crippen LogP contribution in [0.3, 0.4) is 0 Å². The average molecular weight is 299 g/mol. The van der Waals surface area contributed by atoms with Gasteiger partial charge in [0.25, 0.3) is 5.91 Å². The molecule has 1 saturated heterocycles. The molecule has 1 aromatic carbocycles. The van der Waals surface area contributed by atoms with Crippen molar-refractivity contribution in [1.29, 1.82) is 0 Å². The van der Waals surface area contributed by atoms with E-state index in [1.807, 2.05) is 53.0 Å². The van der Waals surface area contributed by atoms with Gasteiger partial charge in [-0.15, -0.1) is 0 Å². The van der Waals surface area contributed by atoms with E-state index in [0.717, 1.165) is 43.3 Å². The third kappa shape index (κ3) is 2.66. The predicted octanol–water partition coefficient (Wildman–Crippen LogP) is 2.00. The van der Waals surface area contributed by atoms with Gasteiger partial charge in [-0.3, -0.25) is 4.79 Å². The second kappa shape index (κ2) is 6.13. The Morgan fingerprint density at radius 2 is 1.77 bits per heavy atom. The van der Waals surface area contributed by atoms with Crippen LogP contribution in [0.4, 0.5) is 5.69 Å². The van der Waals surface area contributed by atoms with Crippen LogP contribution in [0.2, 0.25) is 0 Å². The van der Waals surface area contributed by atoms with Gasteiger partial charge in [0.15, 0.2) is 0 Å². The molecule has 5 nitrogen and oxygen atoms in total. The molecule has 0 atom stereocenters. The summed E-state index contributed by atoms with van der Waals surface area (Å²) >= 11 is 0. The maximum absolute atomic E-state index is 12.5. The Labute approximate surface area is 130 Å². The number of piperazine rings is 1. The molecule has 1 amide bonds. The van der Waals surface area contributed by atoms with E-state index in [-0.39, 0.29) is 5.91 Å². The van der Waals surface area contributed by atoms with Gasteiger partial charge in [0.2, 0.25) is 0 Å². The first-order valence-corrected chi connectivity index (χ1v) is 7.49. The third-order valence-corrected chi connectivity index (χ3v) is 4.16. The molecule has 1 fully saturated rings.